The molecule has 5 nitrogen and oxygen atoms in total. The third-order valence-corrected chi connectivity index (χ3v) is 6.43. The van der Waals surface area contributed by atoms with Crippen molar-refractivity contribution in [3.63, 3.8) is 0 Å². The first-order chi connectivity index (χ1) is 10.9. The largest absolute Gasteiger partial charge is 0.508 e. The predicted molar refractivity (Wildman–Crippen MR) is 90.7 cm³/mol. The fourth-order valence-electron chi connectivity index (χ4n) is 4.01. The van der Waals surface area contributed by atoms with E-state index in [9.17, 15) is 13.5 Å². The summed E-state index contributed by atoms with van der Waals surface area (Å²) in [5, 5.41) is 9.38. The maximum atomic E-state index is 12.1. The van der Waals surface area contributed by atoms with Gasteiger partial charge < -0.3 is 5.11 Å². The number of phenols is 1. The van der Waals surface area contributed by atoms with Crippen molar-refractivity contribution in [1.82, 2.24) is 9.21 Å². The first-order valence-electron chi connectivity index (χ1n) is 8.40. The van der Waals surface area contributed by atoms with Gasteiger partial charge in [0.05, 0.1) is 6.26 Å². The van der Waals surface area contributed by atoms with Crippen molar-refractivity contribution in [2.24, 2.45) is 5.92 Å². The quantitative estimate of drug-likeness (QED) is 0.916. The predicted octanol–water partition coefficient (Wildman–Crippen LogP) is 2.03. The van der Waals surface area contributed by atoms with Crippen molar-refractivity contribution in [2.75, 3.05) is 25.9 Å². The van der Waals surface area contributed by atoms with Crippen LogP contribution in [0.15, 0.2) is 24.3 Å². The van der Waals surface area contributed by atoms with Gasteiger partial charge in [-0.15, -0.1) is 0 Å². The molecule has 0 radical (unpaired) electrons. The molecule has 0 unspecified atom stereocenters. The molecule has 1 aromatic rings. The van der Waals surface area contributed by atoms with Gasteiger partial charge in [0.15, 0.2) is 0 Å². The lowest BCUT2D eigenvalue weighted by molar-refractivity contribution is 0.0999. The first-order valence-corrected chi connectivity index (χ1v) is 10.3. The summed E-state index contributed by atoms with van der Waals surface area (Å²) in [6.07, 6.45) is 5.45. The second-order valence-corrected chi connectivity index (χ2v) is 8.82. The van der Waals surface area contributed by atoms with Crippen molar-refractivity contribution < 1.29 is 13.5 Å². The molecule has 23 heavy (non-hydrogen) atoms. The van der Waals surface area contributed by atoms with E-state index in [0.29, 0.717) is 18.2 Å². The fourth-order valence-corrected chi connectivity index (χ4v) is 5.24. The van der Waals surface area contributed by atoms with Crippen LogP contribution in [-0.4, -0.2) is 54.7 Å². The average Bonchev–Trinajstić information content (AvgIpc) is 2.71. The van der Waals surface area contributed by atoms with E-state index in [2.05, 4.69) is 4.90 Å². The zero-order valence-electron chi connectivity index (χ0n) is 13.7. The number of hydrogen-bond donors (Lipinski definition) is 1. The molecule has 1 N–H and O–H groups in total. The number of likely N-dealkylation sites (tertiary alicyclic amines) is 1. The maximum absolute atomic E-state index is 12.1. The minimum Gasteiger partial charge on any atom is -0.508 e. The summed E-state index contributed by atoms with van der Waals surface area (Å²) in [5.41, 5.74) is 1.19. The van der Waals surface area contributed by atoms with Crippen LogP contribution in [0, 0.1) is 5.92 Å². The SMILES string of the molecule is CS(=O)(=O)N1CCCC[C@H]2CN(Cc3ccc(O)cc3)CC[C@H]21. The molecule has 2 atom stereocenters. The molecular weight excluding hydrogens is 312 g/mol. The highest BCUT2D eigenvalue weighted by atomic mass is 32.2. The van der Waals surface area contributed by atoms with Crippen LogP contribution in [0.5, 0.6) is 5.75 Å². The van der Waals surface area contributed by atoms with E-state index in [1.165, 1.54) is 11.8 Å². The highest BCUT2D eigenvalue weighted by molar-refractivity contribution is 7.88. The molecule has 0 amide bonds. The van der Waals surface area contributed by atoms with Crippen molar-refractivity contribution in [1.29, 1.82) is 0 Å². The zero-order valence-corrected chi connectivity index (χ0v) is 14.5. The van der Waals surface area contributed by atoms with Crippen LogP contribution in [0.25, 0.3) is 0 Å². The molecule has 0 aliphatic carbocycles. The van der Waals surface area contributed by atoms with Gasteiger partial charge in [0.25, 0.3) is 0 Å². The number of sulfonamides is 1. The third kappa shape index (κ3) is 4.05. The van der Waals surface area contributed by atoms with Crippen LogP contribution in [0.1, 0.15) is 31.2 Å². The number of hydrogen-bond acceptors (Lipinski definition) is 4. The molecule has 3 rings (SSSR count). The van der Waals surface area contributed by atoms with Crippen LogP contribution in [0.4, 0.5) is 0 Å². The lowest BCUT2D eigenvalue weighted by Crippen LogP contribution is -2.51. The van der Waals surface area contributed by atoms with E-state index < -0.39 is 10.0 Å². The third-order valence-electron chi connectivity index (χ3n) is 5.12. The molecule has 128 valence electrons. The van der Waals surface area contributed by atoms with Gasteiger partial charge in [0.1, 0.15) is 5.75 Å². The van der Waals surface area contributed by atoms with Crippen LogP contribution in [0.3, 0.4) is 0 Å². The van der Waals surface area contributed by atoms with Crippen molar-refractivity contribution in [2.45, 2.75) is 38.3 Å². The van der Waals surface area contributed by atoms with Gasteiger partial charge in [-0.2, -0.15) is 4.31 Å². The first kappa shape index (κ1) is 16.7. The summed E-state index contributed by atoms with van der Waals surface area (Å²) in [6, 6.07) is 7.52. The molecule has 0 bridgehead atoms. The number of piperidine rings is 1. The standard InChI is InChI=1S/C17H26N2O3S/c1-23(21,22)19-10-3-2-4-15-13-18(11-9-17(15)19)12-14-5-7-16(20)8-6-14/h5-8,15,17,20H,2-4,9-13H2,1H3/t15-,17+/m0/s1. The molecular formula is C17H26N2O3S. The number of phenolic OH excluding ortho intramolecular Hbond substituents is 1. The van der Waals surface area contributed by atoms with Gasteiger partial charge in [0.2, 0.25) is 10.0 Å². The van der Waals surface area contributed by atoms with E-state index in [-0.39, 0.29) is 6.04 Å². The summed E-state index contributed by atoms with van der Waals surface area (Å²) in [4.78, 5) is 2.42. The van der Waals surface area contributed by atoms with Gasteiger partial charge in [0, 0.05) is 32.2 Å². The Morgan fingerprint density at radius 3 is 2.57 bits per heavy atom. The molecule has 2 fully saturated rings. The van der Waals surface area contributed by atoms with E-state index >= 15 is 0 Å². The lowest BCUT2D eigenvalue weighted by atomic mass is 9.89. The Kier molecular flexibility index (Phi) is 4.94. The molecule has 2 aliphatic rings. The van der Waals surface area contributed by atoms with Crippen LogP contribution in [0.2, 0.25) is 0 Å². The van der Waals surface area contributed by atoms with Gasteiger partial charge in [-0.3, -0.25) is 4.90 Å². The Hall–Kier alpha value is -1.11. The topological polar surface area (TPSA) is 60.9 Å². The molecule has 2 heterocycles. The van der Waals surface area contributed by atoms with Crippen molar-refractivity contribution >= 4 is 10.0 Å². The number of rotatable bonds is 3. The molecule has 6 heteroatoms. The zero-order chi connectivity index (χ0) is 16.4. The molecule has 1 aromatic carbocycles. The van der Waals surface area contributed by atoms with Gasteiger partial charge in [-0.1, -0.05) is 18.6 Å². The van der Waals surface area contributed by atoms with Crippen LogP contribution in [-0.2, 0) is 16.6 Å². The van der Waals surface area contributed by atoms with Crippen LogP contribution >= 0.6 is 0 Å². The van der Waals surface area contributed by atoms with Crippen molar-refractivity contribution in [3.8, 4) is 5.75 Å². The van der Waals surface area contributed by atoms with E-state index in [1.807, 2.05) is 12.1 Å². The fraction of sp³-hybridized carbons (Fsp3) is 0.647. The second kappa shape index (κ2) is 6.79. The van der Waals surface area contributed by atoms with Crippen molar-refractivity contribution in [3.05, 3.63) is 29.8 Å². The number of nitrogens with zero attached hydrogens (tertiary/aromatic N) is 2. The summed E-state index contributed by atoms with van der Waals surface area (Å²) in [6.45, 7) is 3.42. The lowest BCUT2D eigenvalue weighted by Gasteiger charge is -2.41. The van der Waals surface area contributed by atoms with Gasteiger partial charge >= 0.3 is 0 Å². The average molecular weight is 338 g/mol. The Morgan fingerprint density at radius 1 is 1.13 bits per heavy atom. The molecule has 2 saturated heterocycles. The van der Waals surface area contributed by atoms with Gasteiger partial charge in [-0.05, 0) is 42.9 Å². The smallest absolute Gasteiger partial charge is 0.211 e. The molecule has 0 spiro atoms. The number of fused-ring (bicyclic) bond motifs is 1. The van der Waals surface area contributed by atoms with Crippen LogP contribution < -0.4 is 0 Å². The summed E-state index contributed by atoms with van der Waals surface area (Å²) >= 11 is 0. The summed E-state index contributed by atoms with van der Waals surface area (Å²) < 4.78 is 25.9. The molecule has 2 aliphatic heterocycles. The maximum Gasteiger partial charge on any atom is 0.211 e. The van der Waals surface area contributed by atoms with E-state index in [0.717, 1.165) is 45.3 Å². The monoisotopic (exact) mass is 338 g/mol. The minimum absolute atomic E-state index is 0.170. The Morgan fingerprint density at radius 2 is 1.87 bits per heavy atom. The highest BCUT2D eigenvalue weighted by Crippen LogP contribution is 2.32. The number of aromatic hydroxyl groups is 1. The summed E-state index contributed by atoms with van der Waals surface area (Å²) in [5.74, 6) is 0.720. The normalized spacial score (nSPS) is 27.3. The highest BCUT2D eigenvalue weighted by Gasteiger charge is 2.38. The minimum atomic E-state index is -3.11. The van der Waals surface area contributed by atoms with E-state index in [1.54, 1.807) is 16.4 Å². The summed E-state index contributed by atoms with van der Waals surface area (Å²) in [7, 11) is -3.11. The molecule has 0 aromatic heterocycles. The molecule has 0 saturated carbocycles. The Balaban J connectivity index is 1.68. The van der Waals surface area contributed by atoms with E-state index in [4.69, 9.17) is 0 Å². The number of benzene rings is 1. The Bertz CT molecular complexity index is 630. The second-order valence-electron chi connectivity index (χ2n) is 6.89. The van der Waals surface area contributed by atoms with Gasteiger partial charge in [-0.25, -0.2) is 8.42 Å². The Labute approximate surface area is 139 Å².